The van der Waals surface area contributed by atoms with E-state index in [0.717, 1.165) is 17.3 Å². The number of aromatic nitrogens is 2. The van der Waals surface area contributed by atoms with E-state index >= 15 is 0 Å². The molecule has 0 amide bonds. The van der Waals surface area contributed by atoms with Crippen molar-refractivity contribution in [2.45, 2.75) is 19.9 Å². The summed E-state index contributed by atoms with van der Waals surface area (Å²) in [5.41, 5.74) is 2.34. The standard InChI is InChI=1S/C14H17F2N3/c1-4-17-14(13-8-19(3)18-9(13)2)10-5-11(15)7-12(16)6-10/h5-8,14,17H,4H2,1-3H3. The Kier molecular flexibility index (Phi) is 3.95. The molecule has 0 spiro atoms. The summed E-state index contributed by atoms with van der Waals surface area (Å²) in [6.07, 6.45) is 1.87. The Morgan fingerprint density at radius 3 is 2.37 bits per heavy atom. The molecule has 1 heterocycles. The number of aryl methyl sites for hydroxylation is 2. The van der Waals surface area contributed by atoms with E-state index in [1.807, 2.05) is 27.1 Å². The molecule has 19 heavy (non-hydrogen) atoms. The van der Waals surface area contributed by atoms with Gasteiger partial charge < -0.3 is 5.32 Å². The van der Waals surface area contributed by atoms with E-state index in [1.54, 1.807) is 4.68 Å². The molecule has 1 aromatic carbocycles. The fraction of sp³-hybridized carbons (Fsp3) is 0.357. The summed E-state index contributed by atoms with van der Waals surface area (Å²) in [6.45, 7) is 4.53. The molecule has 0 saturated carbocycles. The zero-order chi connectivity index (χ0) is 14.0. The number of nitrogens with zero attached hydrogens (tertiary/aromatic N) is 2. The van der Waals surface area contributed by atoms with Crippen molar-refractivity contribution in [3.8, 4) is 0 Å². The van der Waals surface area contributed by atoms with Crippen LogP contribution in [0.1, 0.15) is 29.8 Å². The predicted molar refractivity (Wildman–Crippen MR) is 69.8 cm³/mol. The molecule has 0 aliphatic carbocycles. The van der Waals surface area contributed by atoms with Gasteiger partial charge in [-0.3, -0.25) is 4.68 Å². The third-order valence-corrected chi connectivity index (χ3v) is 2.99. The van der Waals surface area contributed by atoms with Crippen LogP contribution in [0.3, 0.4) is 0 Å². The molecular weight excluding hydrogens is 248 g/mol. The highest BCUT2D eigenvalue weighted by atomic mass is 19.1. The molecule has 1 atom stereocenters. The minimum Gasteiger partial charge on any atom is -0.306 e. The lowest BCUT2D eigenvalue weighted by molar-refractivity contribution is 0.564. The zero-order valence-corrected chi connectivity index (χ0v) is 11.2. The fourth-order valence-corrected chi connectivity index (χ4v) is 2.25. The van der Waals surface area contributed by atoms with Gasteiger partial charge in [-0.2, -0.15) is 5.10 Å². The minimum absolute atomic E-state index is 0.260. The van der Waals surface area contributed by atoms with Gasteiger partial charge in [0.1, 0.15) is 11.6 Å². The summed E-state index contributed by atoms with van der Waals surface area (Å²) >= 11 is 0. The Bertz CT molecular complexity index is 558. The second-order valence-electron chi connectivity index (χ2n) is 4.54. The summed E-state index contributed by atoms with van der Waals surface area (Å²) in [5.74, 6) is -1.14. The molecule has 2 rings (SSSR count). The van der Waals surface area contributed by atoms with Gasteiger partial charge in [0, 0.05) is 24.9 Å². The number of benzene rings is 1. The molecule has 0 aliphatic rings. The Morgan fingerprint density at radius 2 is 1.89 bits per heavy atom. The highest BCUT2D eigenvalue weighted by Gasteiger charge is 2.19. The molecule has 102 valence electrons. The van der Waals surface area contributed by atoms with E-state index in [9.17, 15) is 8.78 Å². The summed E-state index contributed by atoms with van der Waals surface area (Å²) in [7, 11) is 1.83. The normalized spacial score (nSPS) is 12.7. The summed E-state index contributed by atoms with van der Waals surface area (Å²) in [4.78, 5) is 0. The lowest BCUT2D eigenvalue weighted by Crippen LogP contribution is -2.22. The van der Waals surface area contributed by atoms with E-state index in [-0.39, 0.29) is 6.04 Å². The van der Waals surface area contributed by atoms with Crippen LogP contribution in [-0.2, 0) is 7.05 Å². The van der Waals surface area contributed by atoms with Crippen molar-refractivity contribution >= 4 is 0 Å². The monoisotopic (exact) mass is 265 g/mol. The van der Waals surface area contributed by atoms with Crippen LogP contribution in [-0.4, -0.2) is 16.3 Å². The smallest absolute Gasteiger partial charge is 0.126 e. The average molecular weight is 265 g/mol. The molecule has 1 unspecified atom stereocenters. The third kappa shape index (κ3) is 2.98. The molecule has 3 nitrogen and oxygen atoms in total. The molecule has 0 radical (unpaired) electrons. The van der Waals surface area contributed by atoms with Crippen LogP contribution in [0.4, 0.5) is 8.78 Å². The fourth-order valence-electron chi connectivity index (χ4n) is 2.25. The SMILES string of the molecule is CCNC(c1cc(F)cc(F)c1)c1cn(C)nc1C. The second kappa shape index (κ2) is 5.48. The van der Waals surface area contributed by atoms with Gasteiger partial charge in [0.05, 0.1) is 11.7 Å². The third-order valence-electron chi connectivity index (χ3n) is 2.99. The first-order valence-electron chi connectivity index (χ1n) is 6.20. The first kappa shape index (κ1) is 13.7. The van der Waals surface area contributed by atoms with Crippen molar-refractivity contribution < 1.29 is 8.78 Å². The largest absolute Gasteiger partial charge is 0.306 e. The van der Waals surface area contributed by atoms with Gasteiger partial charge in [-0.1, -0.05) is 6.92 Å². The van der Waals surface area contributed by atoms with E-state index < -0.39 is 11.6 Å². The van der Waals surface area contributed by atoms with E-state index in [2.05, 4.69) is 10.4 Å². The topological polar surface area (TPSA) is 29.9 Å². The molecule has 2 aromatic rings. The maximum absolute atomic E-state index is 13.4. The van der Waals surface area contributed by atoms with E-state index in [1.165, 1.54) is 12.1 Å². The van der Waals surface area contributed by atoms with E-state index in [0.29, 0.717) is 12.1 Å². The van der Waals surface area contributed by atoms with Crippen LogP contribution in [0.2, 0.25) is 0 Å². The Labute approximate surface area is 111 Å². The van der Waals surface area contributed by atoms with Gasteiger partial charge >= 0.3 is 0 Å². The van der Waals surface area contributed by atoms with Gasteiger partial charge in [0.2, 0.25) is 0 Å². The molecule has 5 heteroatoms. The quantitative estimate of drug-likeness (QED) is 0.921. The van der Waals surface area contributed by atoms with Crippen molar-refractivity contribution in [3.63, 3.8) is 0 Å². The second-order valence-corrected chi connectivity index (χ2v) is 4.54. The highest BCUT2D eigenvalue weighted by Crippen LogP contribution is 2.25. The van der Waals surface area contributed by atoms with Crippen molar-refractivity contribution in [1.82, 2.24) is 15.1 Å². The van der Waals surface area contributed by atoms with Crippen LogP contribution in [0.5, 0.6) is 0 Å². The first-order chi connectivity index (χ1) is 9.01. The first-order valence-corrected chi connectivity index (χ1v) is 6.20. The van der Waals surface area contributed by atoms with Crippen LogP contribution in [0.15, 0.2) is 24.4 Å². The Hall–Kier alpha value is -1.75. The molecule has 1 N–H and O–H groups in total. The van der Waals surface area contributed by atoms with Crippen LogP contribution >= 0.6 is 0 Å². The Balaban J connectivity index is 2.47. The molecule has 1 aromatic heterocycles. The van der Waals surface area contributed by atoms with Crippen LogP contribution < -0.4 is 5.32 Å². The maximum Gasteiger partial charge on any atom is 0.126 e. The lowest BCUT2D eigenvalue weighted by Gasteiger charge is -2.18. The lowest BCUT2D eigenvalue weighted by atomic mass is 9.99. The van der Waals surface area contributed by atoms with Gasteiger partial charge in [0.25, 0.3) is 0 Å². The molecule has 0 saturated heterocycles. The van der Waals surface area contributed by atoms with Gasteiger partial charge in [-0.15, -0.1) is 0 Å². The van der Waals surface area contributed by atoms with Gasteiger partial charge in [-0.05, 0) is 31.2 Å². The number of halogens is 2. The molecule has 0 bridgehead atoms. The molecule has 0 aliphatic heterocycles. The maximum atomic E-state index is 13.4. The zero-order valence-electron chi connectivity index (χ0n) is 11.2. The average Bonchev–Trinajstić information content (AvgIpc) is 2.64. The predicted octanol–water partition coefficient (Wildman–Crippen LogP) is 2.71. The number of hydrogen-bond acceptors (Lipinski definition) is 2. The van der Waals surface area contributed by atoms with Crippen LogP contribution in [0, 0.1) is 18.6 Å². The van der Waals surface area contributed by atoms with Crippen LogP contribution in [0.25, 0.3) is 0 Å². The summed E-state index contributed by atoms with van der Waals surface area (Å²) < 4.78 is 28.4. The number of rotatable bonds is 4. The van der Waals surface area contributed by atoms with Crippen molar-refractivity contribution in [2.24, 2.45) is 7.05 Å². The Morgan fingerprint density at radius 1 is 1.26 bits per heavy atom. The van der Waals surface area contributed by atoms with Crippen molar-refractivity contribution in [1.29, 1.82) is 0 Å². The van der Waals surface area contributed by atoms with E-state index in [4.69, 9.17) is 0 Å². The van der Waals surface area contributed by atoms with Crippen molar-refractivity contribution in [2.75, 3.05) is 6.54 Å². The van der Waals surface area contributed by atoms with Gasteiger partial charge in [-0.25, -0.2) is 8.78 Å². The summed E-state index contributed by atoms with van der Waals surface area (Å²) in [6, 6.07) is 3.32. The van der Waals surface area contributed by atoms with Gasteiger partial charge in [0.15, 0.2) is 0 Å². The highest BCUT2D eigenvalue weighted by molar-refractivity contribution is 5.33. The number of hydrogen-bond donors (Lipinski definition) is 1. The number of nitrogens with one attached hydrogen (secondary N) is 1. The van der Waals surface area contributed by atoms with Crippen molar-refractivity contribution in [3.05, 3.63) is 52.9 Å². The summed E-state index contributed by atoms with van der Waals surface area (Å²) in [5, 5.41) is 7.51. The molecule has 0 fully saturated rings. The minimum atomic E-state index is -0.570. The molecular formula is C14H17F2N3.